The molecule has 1 aromatic carbocycles. The highest BCUT2D eigenvalue weighted by Gasteiger charge is 2.22. The number of hydrogen-bond acceptors (Lipinski definition) is 4. The molecular weight excluding hydrogens is 278 g/mol. The summed E-state index contributed by atoms with van der Waals surface area (Å²) in [5.74, 6) is 1.54. The van der Waals surface area contributed by atoms with Crippen LogP contribution < -0.4 is 14.8 Å². The maximum Gasteiger partial charge on any atom is 0.198 e. The van der Waals surface area contributed by atoms with Crippen LogP contribution in [0.15, 0.2) is 34.9 Å². The zero-order valence-corrected chi connectivity index (χ0v) is 12.5. The molecule has 0 aliphatic heterocycles. The van der Waals surface area contributed by atoms with Crippen molar-refractivity contribution in [2.24, 2.45) is 0 Å². The molecule has 0 aliphatic rings. The van der Waals surface area contributed by atoms with Gasteiger partial charge in [0.15, 0.2) is 5.22 Å². The molecule has 0 aliphatic carbocycles. The third-order valence-electron chi connectivity index (χ3n) is 3.11. The number of rotatable bonds is 6. The van der Waals surface area contributed by atoms with E-state index >= 15 is 0 Å². The lowest BCUT2D eigenvalue weighted by Crippen LogP contribution is -2.22. The van der Waals surface area contributed by atoms with E-state index in [2.05, 4.69) is 5.32 Å². The van der Waals surface area contributed by atoms with Gasteiger partial charge in [0.2, 0.25) is 0 Å². The van der Waals surface area contributed by atoms with Gasteiger partial charge in [0.05, 0.1) is 26.5 Å². The standard InChI is InChI=1S/C15H18ClNO3/c1-4-17-14(11-7-8-20-15(11)16)12-9-10(18-2)5-6-13(12)19-3/h5-9,14,17H,4H2,1-3H3. The average Bonchev–Trinajstić information content (AvgIpc) is 2.90. The van der Waals surface area contributed by atoms with Crippen molar-refractivity contribution in [1.82, 2.24) is 5.32 Å². The molecule has 1 aromatic heterocycles. The monoisotopic (exact) mass is 295 g/mol. The first-order valence-electron chi connectivity index (χ1n) is 6.39. The average molecular weight is 296 g/mol. The summed E-state index contributed by atoms with van der Waals surface area (Å²) in [7, 11) is 3.28. The Labute approximate surface area is 123 Å². The van der Waals surface area contributed by atoms with E-state index in [4.69, 9.17) is 25.5 Å². The van der Waals surface area contributed by atoms with Crippen LogP contribution in [0.3, 0.4) is 0 Å². The van der Waals surface area contributed by atoms with Crippen LogP contribution >= 0.6 is 11.6 Å². The Morgan fingerprint density at radius 2 is 2.00 bits per heavy atom. The quantitative estimate of drug-likeness (QED) is 0.883. The van der Waals surface area contributed by atoms with Gasteiger partial charge in [0.25, 0.3) is 0 Å². The second-order valence-electron chi connectivity index (χ2n) is 4.25. The third kappa shape index (κ3) is 2.92. The largest absolute Gasteiger partial charge is 0.497 e. The third-order valence-corrected chi connectivity index (χ3v) is 3.42. The Hall–Kier alpha value is -1.65. The molecule has 1 heterocycles. The van der Waals surface area contributed by atoms with Crippen LogP contribution in [0.1, 0.15) is 24.1 Å². The van der Waals surface area contributed by atoms with Gasteiger partial charge in [0.1, 0.15) is 11.5 Å². The number of methoxy groups -OCH3 is 2. The molecule has 2 aromatic rings. The summed E-state index contributed by atoms with van der Waals surface area (Å²) in [4.78, 5) is 0. The maximum atomic E-state index is 6.11. The molecule has 0 saturated heterocycles. The Balaban J connectivity index is 2.50. The van der Waals surface area contributed by atoms with Gasteiger partial charge in [-0.15, -0.1) is 0 Å². The van der Waals surface area contributed by atoms with Crippen molar-refractivity contribution < 1.29 is 13.9 Å². The Morgan fingerprint density at radius 1 is 1.20 bits per heavy atom. The maximum absolute atomic E-state index is 6.11. The minimum atomic E-state index is -0.115. The lowest BCUT2D eigenvalue weighted by Gasteiger charge is -2.20. The molecule has 1 atom stereocenters. The lowest BCUT2D eigenvalue weighted by molar-refractivity contribution is 0.394. The summed E-state index contributed by atoms with van der Waals surface area (Å²) in [6.07, 6.45) is 1.58. The summed E-state index contributed by atoms with van der Waals surface area (Å²) < 4.78 is 15.9. The summed E-state index contributed by atoms with van der Waals surface area (Å²) in [6, 6.07) is 7.43. The van der Waals surface area contributed by atoms with E-state index in [-0.39, 0.29) is 6.04 Å². The van der Waals surface area contributed by atoms with E-state index < -0.39 is 0 Å². The van der Waals surface area contributed by atoms with E-state index in [1.54, 1.807) is 20.5 Å². The number of nitrogens with one attached hydrogen (secondary N) is 1. The lowest BCUT2D eigenvalue weighted by atomic mass is 9.99. The molecule has 0 amide bonds. The second-order valence-corrected chi connectivity index (χ2v) is 4.59. The zero-order chi connectivity index (χ0) is 14.5. The van der Waals surface area contributed by atoms with E-state index in [1.165, 1.54) is 0 Å². The van der Waals surface area contributed by atoms with Crippen molar-refractivity contribution in [3.05, 3.63) is 46.9 Å². The summed E-state index contributed by atoms with van der Waals surface area (Å²) in [6.45, 7) is 2.82. The van der Waals surface area contributed by atoms with Crippen molar-refractivity contribution in [2.45, 2.75) is 13.0 Å². The van der Waals surface area contributed by atoms with Crippen LogP contribution in [-0.4, -0.2) is 20.8 Å². The summed E-state index contributed by atoms with van der Waals surface area (Å²) >= 11 is 6.11. The van der Waals surface area contributed by atoms with Crippen LogP contribution in [0, 0.1) is 0 Å². The molecule has 5 heteroatoms. The minimum absolute atomic E-state index is 0.115. The van der Waals surface area contributed by atoms with Crippen molar-refractivity contribution in [1.29, 1.82) is 0 Å². The predicted octanol–water partition coefficient (Wildman–Crippen LogP) is 3.65. The molecule has 0 spiro atoms. The fourth-order valence-corrected chi connectivity index (χ4v) is 2.39. The van der Waals surface area contributed by atoms with Crippen molar-refractivity contribution in [2.75, 3.05) is 20.8 Å². The highest BCUT2D eigenvalue weighted by Crippen LogP contribution is 2.36. The van der Waals surface area contributed by atoms with Crippen molar-refractivity contribution >= 4 is 11.6 Å². The fraction of sp³-hybridized carbons (Fsp3) is 0.333. The van der Waals surface area contributed by atoms with E-state index in [1.807, 2.05) is 31.2 Å². The number of ether oxygens (including phenoxy) is 2. The first-order valence-corrected chi connectivity index (χ1v) is 6.77. The van der Waals surface area contributed by atoms with E-state index in [0.717, 1.165) is 29.2 Å². The number of hydrogen-bond donors (Lipinski definition) is 1. The van der Waals surface area contributed by atoms with Gasteiger partial charge in [-0.2, -0.15) is 0 Å². The van der Waals surface area contributed by atoms with E-state index in [0.29, 0.717) is 5.22 Å². The number of halogens is 1. The molecule has 0 bridgehead atoms. The van der Waals surface area contributed by atoms with Gasteiger partial charge in [-0.3, -0.25) is 0 Å². The molecule has 1 N–H and O–H groups in total. The first kappa shape index (κ1) is 14.8. The van der Waals surface area contributed by atoms with Gasteiger partial charge in [0, 0.05) is 11.1 Å². The van der Waals surface area contributed by atoms with Gasteiger partial charge in [-0.25, -0.2) is 0 Å². The molecule has 0 saturated carbocycles. The molecule has 20 heavy (non-hydrogen) atoms. The van der Waals surface area contributed by atoms with Gasteiger partial charge >= 0.3 is 0 Å². The van der Waals surface area contributed by atoms with E-state index in [9.17, 15) is 0 Å². The number of benzene rings is 1. The van der Waals surface area contributed by atoms with Crippen LogP contribution in [0.4, 0.5) is 0 Å². The first-order chi connectivity index (χ1) is 9.71. The molecule has 0 fully saturated rings. The Kier molecular flexibility index (Phi) is 4.93. The molecular formula is C15H18ClNO3. The van der Waals surface area contributed by atoms with Crippen LogP contribution in [-0.2, 0) is 0 Å². The normalized spacial score (nSPS) is 12.2. The summed E-state index contributed by atoms with van der Waals surface area (Å²) in [5.41, 5.74) is 1.83. The predicted molar refractivity (Wildman–Crippen MR) is 78.8 cm³/mol. The Bertz CT molecular complexity index is 568. The van der Waals surface area contributed by atoms with Crippen LogP contribution in [0.25, 0.3) is 0 Å². The minimum Gasteiger partial charge on any atom is -0.497 e. The van der Waals surface area contributed by atoms with Gasteiger partial charge < -0.3 is 19.2 Å². The highest BCUT2D eigenvalue weighted by molar-refractivity contribution is 6.29. The molecule has 2 rings (SSSR count). The number of furan rings is 1. The SMILES string of the molecule is CCNC(c1cc(OC)ccc1OC)c1ccoc1Cl. The highest BCUT2D eigenvalue weighted by atomic mass is 35.5. The van der Waals surface area contributed by atoms with Gasteiger partial charge in [-0.1, -0.05) is 6.92 Å². The molecule has 0 radical (unpaired) electrons. The Morgan fingerprint density at radius 3 is 2.55 bits per heavy atom. The van der Waals surface area contributed by atoms with Crippen LogP contribution in [0.5, 0.6) is 11.5 Å². The fourth-order valence-electron chi connectivity index (χ4n) is 2.17. The zero-order valence-electron chi connectivity index (χ0n) is 11.8. The van der Waals surface area contributed by atoms with Crippen LogP contribution in [0.2, 0.25) is 5.22 Å². The topological polar surface area (TPSA) is 43.6 Å². The summed E-state index contributed by atoms with van der Waals surface area (Å²) in [5, 5.41) is 3.76. The smallest absolute Gasteiger partial charge is 0.198 e. The van der Waals surface area contributed by atoms with Crippen molar-refractivity contribution in [3.63, 3.8) is 0 Å². The molecule has 1 unspecified atom stereocenters. The van der Waals surface area contributed by atoms with Gasteiger partial charge in [-0.05, 0) is 42.4 Å². The molecule has 108 valence electrons. The second kappa shape index (κ2) is 6.68. The van der Waals surface area contributed by atoms with Crippen molar-refractivity contribution in [3.8, 4) is 11.5 Å². The molecule has 4 nitrogen and oxygen atoms in total.